The minimum Gasteiger partial charge on any atom is -0.298 e. The van der Waals surface area contributed by atoms with E-state index < -0.39 is 15.4 Å². The number of hydrogen-bond acceptors (Lipinski definition) is 5. The molecule has 1 rings (SSSR count). The highest BCUT2D eigenvalue weighted by atomic mass is 32.2. The Bertz CT molecular complexity index is 512. The van der Waals surface area contributed by atoms with Crippen LogP contribution in [0.5, 0.6) is 0 Å². The summed E-state index contributed by atoms with van der Waals surface area (Å²) in [6, 6.07) is 0. The maximum absolute atomic E-state index is 11.8. The Hall–Kier alpha value is -0.790. The molecule has 0 saturated heterocycles. The van der Waals surface area contributed by atoms with Gasteiger partial charge in [0.05, 0.1) is 17.7 Å². The molecule has 0 amide bonds. The van der Waals surface area contributed by atoms with E-state index in [1.54, 1.807) is 27.7 Å². The second kappa shape index (κ2) is 4.83. The van der Waals surface area contributed by atoms with Gasteiger partial charge in [-0.1, -0.05) is 20.8 Å². The van der Waals surface area contributed by atoms with Crippen molar-refractivity contribution in [3.8, 4) is 0 Å². The van der Waals surface area contributed by atoms with Gasteiger partial charge >= 0.3 is 0 Å². The quantitative estimate of drug-likeness (QED) is 0.900. The molecule has 5 nitrogen and oxygen atoms in total. The Kier molecular flexibility index (Phi) is 4.06. The Morgan fingerprint density at radius 2 is 2.06 bits per heavy atom. The van der Waals surface area contributed by atoms with Crippen LogP contribution in [0.15, 0.2) is 10.4 Å². The number of aromatic nitrogens is 1. The molecule has 1 aromatic heterocycles. The Balaban J connectivity index is 2.73. The van der Waals surface area contributed by atoms with Gasteiger partial charge in [0, 0.05) is 5.41 Å². The number of thiazole rings is 1. The molecule has 1 heterocycles. The van der Waals surface area contributed by atoms with Crippen molar-refractivity contribution in [2.24, 2.45) is 5.41 Å². The lowest BCUT2D eigenvalue weighted by molar-refractivity contribution is -0.125. The highest BCUT2D eigenvalue weighted by molar-refractivity contribution is 7.91. The average Bonchev–Trinajstić information content (AvgIpc) is 2.60. The third kappa shape index (κ3) is 3.86. The number of sulfonamides is 1. The highest BCUT2D eigenvalue weighted by Gasteiger charge is 2.24. The van der Waals surface area contributed by atoms with Crippen LogP contribution in [0.1, 0.15) is 25.8 Å². The summed E-state index contributed by atoms with van der Waals surface area (Å²) in [5, 5.41) is 0.674. The van der Waals surface area contributed by atoms with Crippen molar-refractivity contribution in [1.82, 2.24) is 9.71 Å². The molecule has 0 radical (unpaired) electrons. The number of ketones is 1. The Morgan fingerprint density at radius 1 is 1.47 bits per heavy atom. The van der Waals surface area contributed by atoms with E-state index in [4.69, 9.17) is 0 Å². The molecule has 96 valence electrons. The molecule has 0 bridgehead atoms. The molecule has 0 unspecified atom stereocenters. The van der Waals surface area contributed by atoms with E-state index in [1.165, 1.54) is 6.20 Å². The SMILES string of the molecule is Cc1ncc(S(=O)(=O)NCC(=O)C(C)(C)C)s1. The van der Waals surface area contributed by atoms with E-state index in [2.05, 4.69) is 9.71 Å². The highest BCUT2D eigenvalue weighted by Crippen LogP contribution is 2.18. The number of nitrogens with zero attached hydrogens (tertiary/aromatic N) is 1. The second-order valence-electron chi connectivity index (χ2n) is 4.70. The predicted molar refractivity (Wildman–Crippen MR) is 66.5 cm³/mol. The zero-order valence-electron chi connectivity index (χ0n) is 10.3. The molecule has 1 aromatic rings. The first-order valence-electron chi connectivity index (χ1n) is 5.08. The number of Topliss-reactive ketones (excluding diaryl/α,β-unsaturated/α-hetero) is 1. The predicted octanol–water partition coefficient (Wildman–Crippen LogP) is 1.35. The van der Waals surface area contributed by atoms with Crippen LogP contribution in [0.2, 0.25) is 0 Å². The number of hydrogen-bond donors (Lipinski definition) is 1. The topological polar surface area (TPSA) is 76.1 Å². The van der Waals surface area contributed by atoms with E-state index in [-0.39, 0.29) is 16.5 Å². The maximum Gasteiger partial charge on any atom is 0.252 e. The molecular formula is C10H16N2O3S2. The molecular weight excluding hydrogens is 260 g/mol. The fourth-order valence-electron chi connectivity index (χ4n) is 0.963. The van der Waals surface area contributed by atoms with Crippen LogP contribution in [-0.4, -0.2) is 25.7 Å². The summed E-state index contributed by atoms with van der Waals surface area (Å²) in [7, 11) is -3.61. The maximum atomic E-state index is 11.8. The second-order valence-corrected chi connectivity index (χ2v) is 7.92. The standard InChI is InChI=1S/C10H16N2O3S2/c1-7-11-6-9(16-7)17(14,15)12-5-8(13)10(2,3)4/h6,12H,5H2,1-4H3. The first-order chi connectivity index (χ1) is 7.63. The van der Waals surface area contributed by atoms with Gasteiger partial charge in [0.15, 0.2) is 9.99 Å². The minimum atomic E-state index is -3.61. The Labute approximate surface area is 105 Å². The summed E-state index contributed by atoms with van der Waals surface area (Å²) in [6.45, 7) is 6.79. The molecule has 0 fully saturated rings. The van der Waals surface area contributed by atoms with Crippen LogP contribution in [0, 0.1) is 12.3 Å². The first kappa shape index (κ1) is 14.3. The van der Waals surface area contributed by atoms with Gasteiger partial charge in [-0.25, -0.2) is 18.1 Å². The summed E-state index contributed by atoms with van der Waals surface area (Å²) in [4.78, 5) is 15.5. The van der Waals surface area contributed by atoms with Gasteiger partial charge in [-0.2, -0.15) is 0 Å². The summed E-state index contributed by atoms with van der Waals surface area (Å²) in [5.74, 6) is -0.151. The summed E-state index contributed by atoms with van der Waals surface area (Å²) >= 11 is 1.08. The van der Waals surface area contributed by atoms with Crippen LogP contribution in [0.3, 0.4) is 0 Å². The van der Waals surface area contributed by atoms with E-state index in [0.717, 1.165) is 11.3 Å². The van der Waals surface area contributed by atoms with Crippen molar-refractivity contribution in [2.45, 2.75) is 31.9 Å². The van der Waals surface area contributed by atoms with E-state index in [0.29, 0.717) is 5.01 Å². The lowest BCUT2D eigenvalue weighted by Crippen LogP contribution is -2.35. The van der Waals surface area contributed by atoms with Crippen LogP contribution in [-0.2, 0) is 14.8 Å². The lowest BCUT2D eigenvalue weighted by atomic mass is 9.91. The Morgan fingerprint density at radius 3 is 2.47 bits per heavy atom. The largest absolute Gasteiger partial charge is 0.298 e. The third-order valence-electron chi connectivity index (χ3n) is 2.12. The van der Waals surface area contributed by atoms with Gasteiger partial charge in [-0.3, -0.25) is 4.79 Å². The van der Waals surface area contributed by atoms with Crippen LogP contribution >= 0.6 is 11.3 Å². The van der Waals surface area contributed by atoms with E-state index in [9.17, 15) is 13.2 Å². The van der Waals surface area contributed by atoms with E-state index >= 15 is 0 Å². The zero-order valence-corrected chi connectivity index (χ0v) is 11.9. The monoisotopic (exact) mass is 276 g/mol. The number of carbonyl (C=O) groups is 1. The van der Waals surface area contributed by atoms with Gasteiger partial charge in [-0.15, -0.1) is 11.3 Å². The fourth-order valence-corrected chi connectivity index (χ4v) is 3.10. The van der Waals surface area contributed by atoms with E-state index in [1.807, 2.05) is 0 Å². The van der Waals surface area contributed by atoms with Crippen LogP contribution in [0.25, 0.3) is 0 Å². The van der Waals surface area contributed by atoms with Gasteiger partial charge in [0.2, 0.25) is 0 Å². The van der Waals surface area contributed by atoms with Crippen LogP contribution in [0.4, 0.5) is 0 Å². The molecule has 0 aromatic carbocycles. The summed E-state index contributed by atoms with van der Waals surface area (Å²) in [5.41, 5.74) is -0.549. The molecule has 0 aliphatic rings. The molecule has 1 N–H and O–H groups in total. The average molecular weight is 276 g/mol. The molecule has 17 heavy (non-hydrogen) atoms. The molecule has 0 saturated carbocycles. The third-order valence-corrected chi connectivity index (χ3v) is 4.90. The van der Waals surface area contributed by atoms with Gasteiger partial charge < -0.3 is 0 Å². The minimum absolute atomic E-state index is 0.136. The van der Waals surface area contributed by atoms with Gasteiger partial charge in [-0.05, 0) is 6.92 Å². The lowest BCUT2D eigenvalue weighted by Gasteiger charge is -2.16. The molecule has 0 aliphatic carbocycles. The van der Waals surface area contributed by atoms with Crippen molar-refractivity contribution in [1.29, 1.82) is 0 Å². The normalized spacial score (nSPS) is 12.7. The number of carbonyl (C=O) groups excluding carboxylic acids is 1. The van der Waals surface area contributed by atoms with Gasteiger partial charge in [0.25, 0.3) is 10.0 Å². The van der Waals surface area contributed by atoms with Gasteiger partial charge in [0.1, 0.15) is 0 Å². The molecule has 0 atom stereocenters. The van der Waals surface area contributed by atoms with Crippen LogP contribution < -0.4 is 4.72 Å². The molecule has 0 aliphatic heterocycles. The first-order valence-corrected chi connectivity index (χ1v) is 7.38. The summed E-state index contributed by atoms with van der Waals surface area (Å²) < 4.78 is 26.0. The number of nitrogens with one attached hydrogen (secondary N) is 1. The summed E-state index contributed by atoms with van der Waals surface area (Å²) in [6.07, 6.45) is 1.30. The van der Waals surface area contributed by atoms with Crippen molar-refractivity contribution in [3.05, 3.63) is 11.2 Å². The smallest absolute Gasteiger partial charge is 0.252 e. The van der Waals surface area contributed by atoms with Crippen molar-refractivity contribution >= 4 is 27.1 Å². The molecule has 0 spiro atoms. The van der Waals surface area contributed by atoms with Crippen molar-refractivity contribution in [2.75, 3.05) is 6.54 Å². The fraction of sp³-hybridized carbons (Fsp3) is 0.600. The zero-order chi connectivity index (χ0) is 13.3. The number of rotatable bonds is 4. The number of aryl methyl sites for hydroxylation is 1. The van der Waals surface area contributed by atoms with Crippen molar-refractivity contribution in [3.63, 3.8) is 0 Å². The molecule has 7 heteroatoms. The van der Waals surface area contributed by atoms with Crippen molar-refractivity contribution < 1.29 is 13.2 Å².